The van der Waals surface area contributed by atoms with Crippen LogP contribution < -0.4 is 10.1 Å². The lowest BCUT2D eigenvalue weighted by Crippen LogP contribution is -2.17. The van der Waals surface area contributed by atoms with E-state index in [0.29, 0.717) is 12.6 Å². The van der Waals surface area contributed by atoms with Crippen LogP contribution in [0.5, 0.6) is 5.75 Å². The van der Waals surface area contributed by atoms with Gasteiger partial charge >= 0.3 is 0 Å². The minimum absolute atomic E-state index is 0.368. The summed E-state index contributed by atoms with van der Waals surface area (Å²) < 4.78 is 5.76. The van der Waals surface area contributed by atoms with Crippen molar-refractivity contribution in [2.24, 2.45) is 0 Å². The van der Waals surface area contributed by atoms with Gasteiger partial charge in [0.1, 0.15) is 12.4 Å². The molecule has 0 saturated carbocycles. The van der Waals surface area contributed by atoms with Gasteiger partial charge in [0.15, 0.2) is 0 Å². The number of rotatable bonds is 6. The first-order chi connectivity index (χ1) is 9.69. The average Bonchev–Trinajstić information content (AvgIpc) is 2.46. The standard InChI is InChI=1S/C17H22N2O/c1-4-18-14(3)15-8-10-17(11-9-15)20-12-16-7-5-6-13(2)19-16/h5-11,14,18H,4,12H2,1-3H3. The van der Waals surface area contributed by atoms with Crippen molar-refractivity contribution < 1.29 is 4.74 Å². The first-order valence-electron chi connectivity index (χ1n) is 7.07. The second-order valence-corrected chi connectivity index (χ2v) is 4.91. The van der Waals surface area contributed by atoms with Crippen molar-refractivity contribution in [3.8, 4) is 5.75 Å². The summed E-state index contributed by atoms with van der Waals surface area (Å²) in [5.74, 6) is 0.876. The van der Waals surface area contributed by atoms with Gasteiger partial charge in [-0.25, -0.2) is 0 Å². The summed E-state index contributed by atoms with van der Waals surface area (Å²) in [6, 6.07) is 14.6. The van der Waals surface area contributed by atoms with Crippen LogP contribution in [-0.2, 0) is 6.61 Å². The number of nitrogens with zero attached hydrogens (tertiary/aromatic N) is 1. The predicted molar refractivity (Wildman–Crippen MR) is 81.8 cm³/mol. The van der Waals surface area contributed by atoms with Gasteiger partial charge in [0.25, 0.3) is 0 Å². The highest BCUT2D eigenvalue weighted by Crippen LogP contribution is 2.18. The predicted octanol–water partition coefficient (Wildman–Crippen LogP) is 3.64. The molecule has 0 amide bonds. The van der Waals surface area contributed by atoms with Crippen molar-refractivity contribution in [2.75, 3.05) is 6.54 Å². The SMILES string of the molecule is CCNC(C)c1ccc(OCc2cccc(C)n2)cc1. The molecule has 0 aliphatic heterocycles. The van der Waals surface area contributed by atoms with Crippen molar-refractivity contribution in [1.82, 2.24) is 10.3 Å². The molecule has 1 unspecified atom stereocenters. The van der Waals surface area contributed by atoms with Gasteiger partial charge in [-0.3, -0.25) is 4.98 Å². The molecule has 1 aromatic heterocycles. The zero-order chi connectivity index (χ0) is 14.4. The van der Waals surface area contributed by atoms with Crippen LogP contribution in [0.15, 0.2) is 42.5 Å². The number of pyridine rings is 1. The summed E-state index contributed by atoms with van der Waals surface area (Å²) in [5, 5.41) is 3.39. The van der Waals surface area contributed by atoms with E-state index in [1.807, 2.05) is 37.3 Å². The van der Waals surface area contributed by atoms with Gasteiger partial charge in [-0.2, -0.15) is 0 Å². The van der Waals surface area contributed by atoms with E-state index >= 15 is 0 Å². The Morgan fingerprint density at radius 3 is 2.55 bits per heavy atom. The Balaban J connectivity index is 1.94. The topological polar surface area (TPSA) is 34.1 Å². The highest BCUT2D eigenvalue weighted by molar-refractivity contribution is 5.29. The number of hydrogen-bond donors (Lipinski definition) is 1. The second kappa shape index (κ2) is 7.06. The molecule has 1 aromatic carbocycles. The summed E-state index contributed by atoms with van der Waals surface area (Å²) >= 11 is 0. The highest BCUT2D eigenvalue weighted by atomic mass is 16.5. The largest absolute Gasteiger partial charge is 0.487 e. The van der Waals surface area contributed by atoms with E-state index in [4.69, 9.17) is 4.74 Å². The molecule has 0 spiro atoms. The maximum absolute atomic E-state index is 5.76. The first kappa shape index (κ1) is 14.5. The Morgan fingerprint density at radius 1 is 1.15 bits per heavy atom. The van der Waals surface area contributed by atoms with Crippen LogP contribution in [0.2, 0.25) is 0 Å². The van der Waals surface area contributed by atoms with Gasteiger partial charge in [0.05, 0.1) is 5.69 Å². The maximum atomic E-state index is 5.76. The molecule has 0 saturated heterocycles. The molecule has 0 radical (unpaired) electrons. The van der Waals surface area contributed by atoms with Gasteiger partial charge in [0.2, 0.25) is 0 Å². The molecule has 20 heavy (non-hydrogen) atoms. The Hall–Kier alpha value is -1.87. The molecular formula is C17H22N2O. The molecule has 3 nitrogen and oxygen atoms in total. The molecule has 1 heterocycles. The van der Waals surface area contributed by atoms with Gasteiger partial charge < -0.3 is 10.1 Å². The Bertz CT molecular complexity index is 537. The Kier molecular flexibility index (Phi) is 5.13. The molecule has 1 N–H and O–H groups in total. The molecule has 0 fully saturated rings. The summed E-state index contributed by atoms with van der Waals surface area (Å²) in [6.45, 7) is 7.74. The van der Waals surface area contributed by atoms with Crippen molar-refractivity contribution >= 4 is 0 Å². The average molecular weight is 270 g/mol. The number of nitrogens with one attached hydrogen (secondary N) is 1. The van der Waals surface area contributed by atoms with E-state index in [1.54, 1.807) is 0 Å². The molecule has 0 aliphatic carbocycles. The zero-order valence-corrected chi connectivity index (χ0v) is 12.4. The summed E-state index contributed by atoms with van der Waals surface area (Å²) in [7, 11) is 0. The van der Waals surface area contributed by atoms with Crippen LogP contribution in [-0.4, -0.2) is 11.5 Å². The monoisotopic (exact) mass is 270 g/mol. The highest BCUT2D eigenvalue weighted by Gasteiger charge is 2.04. The molecule has 0 aliphatic rings. The molecule has 2 rings (SSSR count). The molecular weight excluding hydrogens is 248 g/mol. The van der Waals surface area contributed by atoms with Gasteiger partial charge in [-0.05, 0) is 50.2 Å². The molecule has 3 heteroatoms. The third kappa shape index (κ3) is 4.07. The minimum Gasteiger partial charge on any atom is -0.487 e. The summed E-state index contributed by atoms with van der Waals surface area (Å²) in [6.07, 6.45) is 0. The van der Waals surface area contributed by atoms with Crippen LogP contribution in [0.25, 0.3) is 0 Å². The van der Waals surface area contributed by atoms with Crippen molar-refractivity contribution in [3.63, 3.8) is 0 Å². The number of aromatic nitrogens is 1. The number of hydrogen-bond acceptors (Lipinski definition) is 3. The van der Waals surface area contributed by atoms with E-state index < -0.39 is 0 Å². The Morgan fingerprint density at radius 2 is 1.90 bits per heavy atom. The fraction of sp³-hybridized carbons (Fsp3) is 0.353. The van der Waals surface area contributed by atoms with Crippen LogP contribution >= 0.6 is 0 Å². The lowest BCUT2D eigenvalue weighted by molar-refractivity contribution is 0.301. The lowest BCUT2D eigenvalue weighted by Gasteiger charge is -2.13. The third-order valence-electron chi connectivity index (χ3n) is 3.22. The van der Waals surface area contributed by atoms with Crippen molar-refractivity contribution in [2.45, 2.75) is 33.4 Å². The normalized spacial score (nSPS) is 12.2. The quantitative estimate of drug-likeness (QED) is 0.870. The molecule has 2 aromatic rings. The summed E-state index contributed by atoms with van der Waals surface area (Å²) in [5.41, 5.74) is 3.24. The maximum Gasteiger partial charge on any atom is 0.130 e. The second-order valence-electron chi connectivity index (χ2n) is 4.91. The summed E-state index contributed by atoms with van der Waals surface area (Å²) in [4.78, 5) is 4.42. The van der Waals surface area contributed by atoms with Crippen LogP contribution in [0, 0.1) is 6.92 Å². The van der Waals surface area contributed by atoms with Crippen LogP contribution in [0.4, 0.5) is 0 Å². The third-order valence-corrected chi connectivity index (χ3v) is 3.22. The smallest absolute Gasteiger partial charge is 0.130 e. The zero-order valence-electron chi connectivity index (χ0n) is 12.4. The van der Waals surface area contributed by atoms with Crippen molar-refractivity contribution in [1.29, 1.82) is 0 Å². The number of benzene rings is 1. The van der Waals surface area contributed by atoms with Crippen molar-refractivity contribution in [3.05, 3.63) is 59.4 Å². The fourth-order valence-corrected chi connectivity index (χ4v) is 2.11. The van der Waals surface area contributed by atoms with E-state index in [9.17, 15) is 0 Å². The number of aryl methyl sites for hydroxylation is 1. The van der Waals surface area contributed by atoms with Gasteiger partial charge in [0, 0.05) is 11.7 Å². The first-order valence-corrected chi connectivity index (χ1v) is 7.07. The fourth-order valence-electron chi connectivity index (χ4n) is 2.11. The molecule has 0 bridgehead atoms. The number of ether oxygens (including phenoxy) is 1. The Labute approximate surface area is 121 Å². The van der Waals surface area contributed by atoms with E-state index in [-0.39, 0.29) is 0 Å². The van der Waals surface area contributed by atoms with E-state index in [1.165, 1.54) is 5.56 Å². The van der Waals surface area contributed by atoms with E-state index in [0.717, 1.165) is 23.7 Å². The van der Waals surface area contributed by atoms with E-state index in [2.05, 4.69) is 36.3 Å². The van der Waals surface area contributed by atoms with Gasteiger partial charge in [-0.1, -0.05) is 25.1 Å². The van der Waals surface area contributed by atoms with Crippen LogP contribution in [0.3, 0.4) is 0 Å². The lowest BCUT2D eigenvalue weighted by atomic mass is 10.1. The van der Waals surface area contributed by atoms with Gasteiger partial charge in [-0.15, -0.1) is 0 Å². The molecule has 106 valence electrons. The minimum atomic E-state index is 0.368. The molecule has 1 atom stereocenters. The van der Waals surface area contributed by atoms with Crippen LogP contribution in [0.1, 0.15) is 36.8 Å².